The number of rotatable bonds is 7. The van der Waals surface area contributed by atoms with Gasteiger partial charge in [0.2, 0.25) is 10.0 Å². The maximum absolute atomic E-state index is 13.3. The van der Waals surface area contributed by atoms with E-state index in [1.807, 2.05) is 24.4 Å². The highest BCUT2D eigenvalue weighted by atomic mass is 32.2. The third kappa shape index (κ3) is 4.83. The zero-order chi connectivity index (χ0) is 22.9. The highest BCUT2D eigenvalue weighted by molar-refractivity contribution is 7.89. The Bertz CT molecular complexity index is 1410. The van der Waals surface area contributed by atoms with Gasteiger partial charge in [0.15, 0.2) is 0 Å². The van der Waals surface area contributed by atoms with Gasteiger partial charge >= 0.3 is 0 Å². The van der Waals surface area contributed by atoms with Gasteiger partial charge in [-0.1, -0.05) is 6.07 Å². The van der Waals surface area contributed by atoms with Gasteiger partial charge in [-0.15, -0.1) is 22.7 Å². The van der Waals surface area contributed by atoms with Crippen molar-refractivity contribution in [2.75, 3.05) is 6.54 Å². The molecule has 0 saturated carbocycles. The molecule has 0 aliphatic carbocycles. The molecule has 32 heavy (non-hydrogen) atoms. The van der Waals surface area contributed by atoms with Gasteiger partial charge in [-0.25, -0.2) is 31.6 Å². The van der Waals surface area contributed by atoms with Gasteiger partial charge in [0.25, 0.3) is 5.56 Å². The van der Waals surface area contributed by atoms with E-state index in [1.54, 1.807) is 17.4 Å². The summed E-state index contributed by atoms with van der Waals surface area (Å²) in [5, 5.41) is 7.15. The summed E-state index contributed by atoms with van der Waals surface area (Å²) in [5.41, 5.74) is 0.896. The summed E-state index contributed by atoms with van der Waals surface area (Å²) < 4.78 is 54.6. The monoisotopic (exact) mass is 494 g/mol. The molecule has 1 aromatic carbocycles. The standard InChI is InChI=1S/C20H16F2N4O3S3/c1-12-19(31-20(24-12)17-3-2-8-30-17)16-4-5-18(27)26(25-16)7-6-23-32(28,29)15-10-13(21)9-14(22)11-15/h2-5,8-11,23H,6-7H2,1H3. The number of hydrogen-bond donors (Lipinski definition) is 1. The van der Waals surface area contributed by atoms with E-state index in [4.69, 9.17) is 0 Å². The molecule has 3 heterocycles. The molecule has 0 unspecified atom stereocenters. The average molecular weight is 495 g/mol. The maximum Gasteiger partial charge on any atom is 0.266 e. The molecule has 7 nitrogen and oxygen atoms in total. The first-order chi connectivity index (χ1) is 15.2. The smallest absolute Gasteiger partial charge is 0.266 e. The zero-order valence-corrected chi connectivity index (χ0v) is 19.0. The van der Waals surface area contributed by atoms with Crippen molar-refractivity contribution in [3.05, 3.63) is 75.5 Å². The lowest BCUT2D eigenvalue weighted by atomic mass is 10.3. The van der Waals surface area contributed by atoms with Gasteiger partial charge < -0.3 is 0 Å². The predicted octanol–water partition coefficient (Wildman–Crippen LogP) is 3.66. The van der Waals surface area contributed by atoms with Gasteiger partial charge in [-0.2, -0.15) is 5.10 Å². The molecule has 0 aliphatic heterocycles. The summed E-state index contributed by atoms with van der Waals surface area (Å²) in [5.74, 6) is -2.00. The molecular weight excluding hydrogens is 478 g/mol. The van der Waals surface area contributed by atoms with Crippen LogP contribution >= 0.6 is 22.7 Å². The van der Waals surface area contributed by atoms with E-state index in [1.165, 1.54) is 17.4 Å². The van der Waals surface area contributed by atoms with Crippen molar-refractivity contribution in [1.82, 2.24) is 19.5 Å². The number of nitrogens with zero attached hydrogens (tertiary/aromatic N) is 3. The first-order valence-electron chi connectivity index (χ1n) is 9.28. The fourth-order valence-electron chi connectivity index (χ4n) is 2.92. The van der Waals surface area contributed by atoms with Gasteiger partial charge in [-0.05, 0) is 36.6 Å². The van der Waals surface area contributed by atoms with E-state index in [0.717, 1.165) is 25.1 Å². The van der Waals surface area contributed by atoms with Crippen molar-refractivity contribution < 1.29 is 17.2 Å². The van der Waals surface area contributed by atoms with Crippen LogP contribution in [0.15, 0.2) is 57.5 Å². The Balaban J connectivity index is 1.52. The Kier molecular flexibility index (Phi) is 6.29. The summed E-state index contributed by atoms with van der Waals surface area (Å²) in [6.45, 7) is 1.59. The molecule has 4 rings (SSSR count). The predicted molar refractivity (Wildman–Crippen MR) is 119 cm³/mol. The zero-order valence-electron chi connectivity index (χ0n) is 16.6. The van der Waals surface area contributed by atoms with Crippen molar-refractivity contribution in [2.45, 2.75) is 18.4 Å². The summed E-state index contributed by atoms with van der Waals surface area (Å²) in [6.07, 6.45) is 0. The molecule has 0 amide bonds. The molecule has 12 heteroatoms. The van der Waals surface area contributed by atoms with E-state index in [2.05, 4.69) is 14.8 Å². The number of aryl methyl sites for hydroxylation is 1. The number of thiophene rings is 1. The van der Waals surface area contributed by atoms with Crippen LogP contribution in [0.2, 0.25) is 0 Å². The van der Waals surface area contributed by atoms with Crippen molar-refractivity contribution >= 4 is 32.7 Å². The van der Waals surface area contributed by atoms with E-state index in [9.17, 15) is 22.0 Å². The van der Waals surface area contributed by atoms with Crippen molar-refractivity contribution in [3.8, 4) is 20.5 Å². The van der Waals surface area contributed by atoms with Gasteiger partial charge in [0, 0.05) is 18.7 Å². The fourth-order valence-corrected chi connectivity index (χ4v) is 5.81. The Labute approximate surface area is 190 Å². The minimum absolute atomic E-state index is 0.0701. The number of nitrogens with one attached hydrogen (secondary N) is 1. The fraction of sp³-hybridized carbons (Fsp3) is 0.150. The molecule has 166 valence electrons. The second kappa shape index (κ2) is 8.98. The quantitative estimate of drug-likeness (QED) is 0.423. The number of thiazole rings is 1. The van der Waals surface area contributed by atoms with Gasteiger partial charge in [-0.3, -0.25) is 4.79 Å². The maximum atomic E-state index is 13.3. The lowest BCUT2D eigenvalue weighted by Crippen LogP contribution is -2.32. The first kappa shape index (κ1) is 22.4. The van der Waals surface area contributed by atoms with Crippen LogP contribution in [-0.4, -0.2) is 29.7 Å². The highest BCUT2D eigenvalue weighted by Crippen LogP contribution is 2.35. The Morgan fingerprint density at radius 2 is 1.88 bits per heavy atom. The minimum Gasteiger partial charge on any atom is -0.268 e. The molecular formula is C20H16F2N4O3S3. The molecule has 0 fully saturated rings. The van der Waals surface area contributed by atoms with Crippen molar-refractivity contribution in [3.63, 3.8) is 0 Å². The molecule has 0 spiro atoms. The molecule has 0 atom stereocenters. The molecule has 0 aliphatic rings. The van der Waals surface area contributed by atoms with Crippen LogP contribution in [0.4, 0.5) is 8.78 Å². The molecule has 0 saturated heterocycles. The average Bonchev–Trinajstić information content (AvgIpc) is 3.38. The van der Waals surface area contributed by atoms with E-state index in [0.29, 0.717) is 23.9 Å². The number of hydrogen-bond acceptors (Lipinski definition) is 7. The second-order valence-corrected chi connectivity index (χ2v) is 10.4. The highest BCUT2D eigenvalue weighted by Gasteiger charge is 2.17. The third-order valence-electron chi connectivity index (χ3n) is 4.39. The molecule has 3 aromatic heterocycles. The number of sulfonamides is 1. The molecule has 1 N–H and O–H groups in total. The normalized spacial score (nSPS) is 11.7. The van der Waals surface area contributed by atoms with Crippen LogP contribution in [0, 0.1) is 18.6 Å². The third-order valence-corrected chi connectivity index (χ3v) is 8.05. The van der Waals surface area contributed by atoms with Crippen LogP contribution in [-0.2, 0) is 16.6 Å². The lowest BCUT2D eigenvalue weighted by molar-refractivity contribution is 0.543. The van der Waals surface area contributed by atoms with Crippen LogP contribution < -0.4 is 10.3 Å². The summed E-state index contributed by atoms with van der Waals surface area (Å²) >= 11 is 3.02. The Morgan fingerprint density at radius 3 is 2.56 bits per heavy atom. The number of halogens is 2. The topological polar surface area (TPSA) is 94.0 Å². The molecule has 4 aromatic rings. The van der Waals surface area contributed by atoms with E-state index in [-0.39, 0.29) is 13.1 Å². The van der Waals surface area contributed by atoms with E-state index >= 15 is 0 Å². The van der Waals surface area contributed by atoms with Crippen LogP contribution in [0.3, 0.4) is 0 Å². The largest absolute Gasteiger partial charge is 0.268 e. The Hall–Kier alpha value is -2.80. The summed E-state index contributed by atoms with van der Waals surface area (Å²) in [7, 11) is -4.16. The van der Waals surface area contributed by atoms with E-state index < -0.39 is 32.1 Å². The summed E-state index contributed by atoms with van der Waals surface area (Å²) in [4.78, 5) is 18.1. The molecule has 0 bridgehead atoms. The van der Waals surface area contributed by atoms with Gasteiger partial charge in [0.05, 0.1) is 26.9 Å². The number of benzene rings is 1. The minimum atomic E-state index is -4.16. The van der Waals surface area contributed by atoms with Crippen LogP contribution in [0.25, 0.3) is 20.5 Å². The van der Waals surface area contributed by atoms with Crippen LogP contribution in [0.5, 0.6) is 0 Å². The first-order valence-corrected chi connectivity index (χ1v) is 12.5. The second-order valence-electron chi connectivity index (χ2n) is 6.69. The summed E-state index contributed by atoms with van der Waals surface area (Å²) in [6, 6.07) is 8.87. The SMILES string of the molecule is Cc1nc(-c2cccs2)sc1-c1ccc(=O)n(CCNS(=O)(=O)c2cc(F)cc(F)c2)n1. The lowest BCUT2D eigenvalue weighted by Gasteiger charge is -2.09. The van der Waals surface area contributed by atoms with Gasteiger partial charge in [0.1, 0.15) is 22.3 Å². The van der Waals surface area contributed by atoms with Crippen molar-refractivity contribution in [1.29, 1.82) is 0 Å². The van der Waals surface area contributed by atoms with Crippen LogP contribution in [0.1, 0.15) is 5.69 Å². The molecule has 0 radical (unpaired) electrons. The number of aromatic nitrogens is 3. The van der Waals surface area contributed by atoms with Crippen molar-refractivity contribution in [2.24, 2.45) is 0 Å². The Morgan fingerprint density at radius 1 is 1.12 bits per heavy atom.